The molecule has 5 nitrogen and oxygen atoms in total. The summed E-state index contributed by atoms with van der Waals surface area (Å²) >= 11 is 3.34. The highest BCUT2D eigenvalue weighted by molar-refractivity contribution is 9.10. The van der Waals surface area contributed by atoms with Crippen LogP contribution in [0.4, 0.5) is 0 Å². The quantitative estimate of drug-likeness (QED) is 0.841. The van der Waals surface area contributed by atoms with Gasteiger partial charge in [0.05, 0.1) is 28.6 Å². The number of hydrogen-bond donors (Lipinski definition) is 2. The molecule has 1 heterocycles. The minimum atomic E-state index is -2.88. The van der Waals surface area contributed by atoms with Crippen LogP contribution in [0.25, 0.3) is 0 Å². The third-order valence-corrected chi connectivity index (χ3v) is 5.13. The Morgan fingerprint density at radius 1 is 1.50 bits per heavy atom. The van der Waals surface area contributed by atoms with Crippen LogP contribution in [0.1, 0.15) is 11.6 Å². The van der Waals surface area contributed by atoms with Crippen LogP contribution >= 0.6 is 15.9 Å². The molecule has 0 amide bonds. The third kappa shape index (κ3) is 3.03. The minimum Gasteiger partial charge on any atom is -0.487 e. The number of halogens is 1. The molecule has 0 bridgehead atoms. The Morgan fingerprint density at radius 2 is 2.17 bits per heavy atom. The van der Waals surface area contributed by atoms with E-state index in [0.29, 0.717) is 10.2 Å². The second kappa shape index (κ2) is 5.16. The second-order valence-corrected chi connectivity index (χ2v) is 7.30. The van der Waals surface area contributed by atoms with Crippen LogP contribution in [-0.4, -0.2) is 37.7 Å². The molecule has 0 radical (unpaired) electrons. The fourth-order valence-electron chi connectivity index (χ4n) is 1.71. The number of ether oxygens (including phenoxy) is 1. The molecule has 100 valence electrons. The molecule has 1 fully saturated rings. The molecule has 0 aromatic heterocycles. The maximum Gasteiger partial charge on any atom is 0.157 e. The van der Waals surface area contributed by atoms with Gasteiger partial charge in [0.25, 0.3) is 0 Å². The van der Waals surface area contributed by atoms with Gasteiger partial charge in [-0.1, -0.05) is 6.07 Å². The van der Waals surface area contributed by atoms with Crippen LogP contribution in [0, 0.1) is 0 Å². The number of benzene rings is 1. The number of hydrogen-bond acceptors (Lipinski definition) is 5. The summed E-state index contributed by atoms with van der Waals surface area (Å²) in [7, 11) is -2.88. The van der Waals surface area contributed by atoms with Gasteiger partial charge in [0, 0.05) is 0 Å². The van der Waals surface area contributed by atoms with Crippen molar-refractivity contribution in [2.75, 3.05) is 18.1 Å². The van der Waals surface area contributed by atoms with E-state index in [2.05, 4.69) is 15.9 Å². The molecule has 1 atom stereocenters. The zero-order chi connectivity index (χ0) is 13.3. The summed E-state index contributed by atoms with van der Waals surface area (Å²) in [4.78, 5) is 0. The maximum atomic E-state index is 11.0. The largest absolute Gasteiger partial charge is 0.487 e. The lowest BCUT2D eigenvalue weighted by atomic mass is 10.1. The van der Waals surface area contributed by atoms with Crippen molar-refractivity contribution in [1.29, 1.82) is 0 Å². The Kier molecular flexibility index (Phi) is 3.96. The van der Waals surface area contributed by atoms with Gasteiger partial charge in [-0.05, 0) is 33.6 Å². The van der Waals surface area contributed by atoms with Crippen LogP contribution in [0.5, 0.6) is 5.75 Å². The van der Waals surface area contributed by atoms with Crippen molar-refractivity contribution in [3.63, 3.8) is 0 Å². The Balaban J connectivity index is 2.06. The summed E-state index contributed by atoms with van der Waals surface area (Å²) in [6, 6.07) is 4.82. The molecule has 1 aromatic carbocycles. The van der Waals surface area contributed by atoms with Gasteiger partial charge in [-0.15, -0.1) is 0 Å². The van der Waals surface area contributed by atoms with Gasteiger partial charge in [0.15, 0.2) is 9.84 Å². The van der Waals surface area contributed by atoms with Crippen molar-refractivity contribution < 1.29 is 18.3 Å². The Bertz CT molecular complexity index is 534. The average Bonchev–Trinajstić information content (AvgIpc) is 2.28. The highest BCUT2D eigenvalue weighted by Crippen LogP contribution is 2.30. The summed E-state index contributed by atoms with van der Waals surface area (Å²) in [6.45, 7) is -0.131. The van der Waals surface area contributed by atoms with Crippen LogP contribution < -0.4 is 10.5 Å². The van der Waals surface area contributed by atoms with E-state index >= 15 is 0 Å². The van der Waals surface area contributed by atoms with E-state index in [-0.39, 0.29) is 24.2 Å². The number of rotatable bonds is 4. The van der Waals surface area contributed by atoms with Crippen molar-refractivity contribution in [2.24, 2.45) is 5.73 Å². The van der Waals surface area contributed by atoms with Crippen LogP contribution in [0.2, 0.25) is 0 Å². The highest BCUT2D eigenvalue weighted by Gasteiger charge is 2.35. The molecular formula is C11H14BrNO4S. The molecule has 1 aliphatic heterocycles. The van der Waals surface area contributed by atoms with E-state index in [9.17, 15) is 8.42 Å². The third-order valence-electron chi connectivity index (χ3n) is 2.75. The van der Waals surface area contributed by atoms with Crippen LogP contribution in [0.3, 0.4) is 0 Å². The molecule has 1 unspecified atom stereocenters. The number of sulfone groups is 1. The number of aliphatic hydroxyl groups excluding tert-OH is 1. The topological polar surface area (TPSA) is 89.6 Å². The van der Waals surface area contributed by atoms with Gasteiger partial charge in [0.2, 0.25) is 0 Å². The molecule has 2 rings (SSSR count). The van der Waals surface area contributed by atoms with Gasteiger partial charge < -0.3 is 15.6 Å². The molecule has 18 heavy (non-hydrogen) atoms. The van der Waals surface area contributed by atoms with Gasteiger partial charge in [-0.2, -0.15) is 0 Å². The van der Waals surface area contributed by atoms with E-state index < -0.39 is 15.9 Å². The van der Waals surface area contributed by atoms with Crippen molar-refractivity contribution in [2.45, 2.75) is 12.1 Å². The Labute approximate surface area is 114 Å². The monoisotopic (exact) mass is 335 g/mol. The van der Waals surface area contributed by atoms with Crippen LogP contribution in [0.15, 0.2) is 22.7 Å². The van der Waals surface area contributed by atoms with E-state index in [1.807, 2.05) is 0 Å². The molecule has 0 aliphatic carbocycles. The van der Waals surface area contributed by atoms with E-state index in [1.54, 1.807) is 18.2 Å². The fourth-order valence-corrected chi connectivity index (χ4v) is 3.38. The lowest BCUT2D eigenvalue weighted by Gasteiger charge is -2.27. The lowest BCUT2D eigenvalue weighted by Crippen LogP contribution is -2.45. The van der Waals surface area contributed by atoms with Gasteiger partial charge in [-0.25, -0.2) is 8.42 Å². The van der Waals surface area contributed by atoms with E-state index in [4.69, 9.17) is 15.6 Å². The van der Waals surface area contributed by atoms with Gasteiger partial charge >= 0.3 is 0 Å². The summed E-state index contributed by atoms with van der Waals surface area (Å²) < 4.78 is 28.3. The average molecular weight is 336 g/mol. The first-order valence-corrected chi connectivity index (χ1v) is 8.05. The van der Waals surface area contributed by atoms with Crippen molar-refractivity contribution in [3.05, 3.63) is 28.2 Å². The molecule has 7 heteroatoms. The molecular weight excluding hydrogens is 322 g/mol. The molecule has 1 aliphatic rings. The standard InChI is InChI=1S/C11H14BrNO4S/c12-9-3-7(10(13)4-14)1-2-11(9)17-8-5-18(15,16)6-8/h1-3,8,10,14H,4-6,13H2. The molecule has 3 N–H and O–H groups in total. The summed E-state index contributed by atoms with van der Waals surface area (Å²) in [6.07, 6.45) is -0.274. The molecule has 0 spiro atoms. The minimum absolute atomic E-state index is 0.0668. The fraction of sp³-hybridized carbons (Fsp3) is 0.455. The van der Waals surface area contributed by atoms with E-state index in [0.717, 1.165) is 5.56 Å². The Hall–Kier alpha value is -0.630. The molecule has 1 saturated heterocycles. The summed E-state index contributed by atoms with van der Waals surface area (Å²) in [5, 5.41) is 8.96. The molecule has 0 saturated carbocycles. The molecule has 1 aromatic rings. The first-order chi connectivity index (χ1) is 8.41. The zero-order valence-corrected chi connectivity index (χ0v) is 11.9. The van der Waals surface area contributed by atoms with Crippen LogP contribution in [-0.2, 0) is 9.84 Å². The van der Waals surface area contributed by atoms with Crippen molar-refractivity contribution >= 4 is 25.8 Å². The maximum absolute atomic E-state index is 11.0. The number of nitrogens with two attached hydrogens (primary N) is 1. The summed E-state index contributed by atoms with van der Waals surface area (Å²) in [5.74, 6) is 0.720. The van der Waals surface area contributed by atoms with Crippen molar-refractivity contribution in [1.82, 2.24) is 0 Å². The summed E-state index contributed by atoms with van der Waals surface area (Å²) in [5.41, 5.74) is 6.49. The van der Waals surface area contributed by atoms with Crippen molar-refractivity contribution in [3.8, 4) is 5.75 Å². The number of aliphatic hydroxyl groups is 1. The predicted molar refractivity (Wildman–Crippen MR) is 71.2 cm³/mol. The zero-order valence-electron chi connectivity index (χ0n) is 9.54. The second-order valence-electron chi connectivity index (χ2n) is 4.30. The Morgan fingerprint density at radius 3 is 2.67 bits per heavy atom. The normalized spacial score (nSPS) is 20.2. The lowest BCUT2D eigenvalue weighted by molar-refractivity contribution is 0.228. The first-order valence-electron chi connectivity index (χ1n) is 5.44. The predicted octanol–water partition coefficient (Wildman–Crippen LogP) is 0.617. The van der Waals surface area contributed by atoms with E-state index in [1.165, 1.54) is 0 Å². The van der Waals surface area contributed by atoms with Gasteiger partial charge in [-0.3, -0.25) is 0 Å². The SMILES string of the molecule is NC(CO)c1ccc(OC2CS(=O)(=O)C2)c(Br)c1. The smallest absolute Gasteiger partial charge is 0.157 e. The highest BCUT2D eigenvalue weighted by atomic mass is 79.9. The first kappa shape index (κ1) is 13.8. The van der Waals surface area contributed by atoms with Gasteiger partial charge in [0.1, 0.15) is 11.9 Å².